The summed E-state index contributed by atoms with van der Waals surface area (Å²) >= 11 is 0. The van der Waals surface area contributed by atoms with Crippen LogP contribution in [0.4, 0.5) is 30.7 Å². The van der Waals surface area contributed by atoms with Crippen molar-refractivity contribution in [2.45, 2.75) is 63.8 Å². The van der Waals surface area contributed by atoms with Crippen LogP contribution in [0.25, 0.3) is 10.8 Å². The minimum absolute atomic E-state index is 0.109. The lowest BCUT2D eigenvalue weighted by molar-refractivity contribution is -0.225. The minimum atomic E-state index is -4.92. The Bertz CT molecular complexity index is 1120. The maximum atomic E-state index is 14.9. The van der Waals surface area contributed by atoms with Crippen molar-refractivity contribution < 1.29 is 40.2 Å². The van der Waals surface area contributed by atoms with Gasteiger partial charge in [-0.05, 0) is 80.0 Å². The van der Waals surface area contributed by atoms with Crippen molar-refractivity contribution in [3.8, 4) is 17.6 Å². The van der Waals surface area contributed by atoms with Gasteiger partial charge in [0.1, 0.15) is 17.4 Å². The number of ether oxygens (including phenoxy) is 2. The van der Waals surface area contributed by atoms with Gasteiger partial charge in [-0.25, -0.2) is 8.78 Å². The Morgan fingerprint density at radius 1 is 0.943 bits per heavy atom. The molecule has 0 N–H and O–H groups in total. The van der Waals surface area contributed by atoms with Crippen LogP contribution in [-0.2, 0) is 4.74 Å². The molecule has 1 aliphatic carbocycles. The average Bonchev–Trinajstić information content (AvgIpc) is 2.78. The van der Waals surface area contributed by atoms with E-state index in [1.165, 1.54) is 5.92 Å². The molecule has 35 heavy (non-hydrogen) atoms. The van der Waals surface area contributed by atoms with Crippen LogP contribution >= 0.6 is 0 Å². The summed E-state index contributed by atoms with van der Waals surface area (Å²) in [6, 6.07) is 3.94. The van der Waals surface area contributed by atoms with Crippen molar-refractivity contribution in [2.24, 2.45) is 17.8 Å². The molecule has 2 aromatic carbocycles. The Labute approximate surface area is 198 Å². The van der Waals surface area contributed by atoms with Gasteiger partial charge in [-0.2, -0.15) is 22.0 Å². The van der Waals surface area contributed by atoms with Crippen LogP contribution in [0.5, 0.6) is 5.75 Å². The summed E-state index contributed by atoms with van der Waals surface area (Å²) in [4.78, 5) is 0. The SMILES string of the molecule is CC1CCC(C2CCC(C(F)(F)Oc3ccc4c(F)c(C#CC(F)(F)F)c(F)cc4c3)CC2)OC1. The van der Waals surface area contributed by atoms with E-state index in [4.69, 9.17) is 9.47 Å². The van der Waals surface area contributed by atoms with Crippen molar-refractivity contribution >= 4 is 10.8 Å². The van der Waals surface area contributed by atoms with Crippen LogP contribution in [-0.4, -0.2) is 25.0 Å². The van der Waals surface area contributed by atoms with Crippen molar-refractivity contribution in [1.29, 1.82) is 0 Å². The third-order valence-electron chi connectivity index (χ3n) is 6.89. The van der Waals surface area contributed by atoms with Crippen LogP contribution in [0.1, 0.15) is 51.0 Å². The highest BCUT2D eigenvalue weighted by atomic mass is 19.4. The first-order valence-electron chi connectivity index (χ1n) is 11.6. The monoisotopic (exact) mass is 502 g/mol. The number of halogens is 7. The van der Waals surface area contributed by atoms with Gasteiger partial charge in [0, 0.05) is 17.9 Å². The predicted octanol–water partition coefficient (Wildman–Crippen LogP) is 7.62. The maximum Gasteiger partial charge on any atom is 0.458 e. The van der Waals surface area contributed by atoms with Gasteiger partial charge in [-0.1, -0.05) is 12.8 Å². The standard InChI is InChI=1S/C26H25F7O2/c1-15-2-9-23(34-14-15)16-3-5-18(6-4-16)26(32,33)35-19-7-8-20-17(12-19)13-22(27)21(24(20)28)10-11-25(29,30)31/h7-8,12-13,15-16,18,23H,2-6,9,14H2,1H3. The van der Waals surface area contributed by atoms with E-state index in [1.807, 2.05) is 0 Å². The molecule has 0 aromatic heterocycles. The lowest BCUT2D eigenvalue weighted by Crippen LogP contribution is -2.40. The third kappa shape index (κ3) is 6.03. The van der Waals surface area contributed by atoms with Crippen LogP contribution in [0.15, 0.2) is 24.3 Å². The molecule has 2 aromatic rings. The molecule has 4 rings (SSSR count). The molecule has 1 saturated carbocycles. The summed E-state index contributed by atoms with van der Waals surface area (Å²) in [5.74, 6) is -0.879. The highest BCUT2D eigenvalue weighted by molar-refractivity contribution is 5.86. The van der Waals surface area contributed by atoms with Crippen LogP contribution < -0.4 is 4.74 Å². The van der Waals surface area contributed by atoms with E-state index >= 15 is 0 Å². The second-order valence-electron chi connectivity index (χ2n) is 9.51. The summed E-state index contributed by atoms with van der Waals surface area (Å²) in [5.41, 5.74) is -1.04. The lowest BCUT2D eigenvalue weighted by atomic mass is 9.77. The number of benzene rings is 2. The quantitative estimate of drug-likeness (QED) is 0.316. The fourth-order valence-electron chi connectivity index (χ4n) is 4.96. The van der Waals surface area contributed by atoms with Crippen LogP contribution in [0, 0.1) is 41.2 Å². The van der Waals surface area contributed by atoms with E-state index in [2.05, 4.69) is 6.92 Å². The van der Waals surface area contributed by atoms with Crippen molar-refractivity contribution in [2.75, 3.05) is 6.61 Å². The first-order chi connectivity index (χ1) is 16.4. The molecule has 0 spiro atoms. The summed E-state index contributed by atoms with van der Waals surface area (Å²) in [5, 5.41) is -0.380. The predicted molar refractivity (Wildman–Crippen MR) is 116 cm³/mol. The van der Waals surface area contributed by atoms with E-state index in [1.54, 1.807) is 0 Å². The molecular formula is C26H25F7O2. The molecule has 2 nitrogen and oxygen atoms in total. The average molecular weight is 502 g/mol. The molecular weight excluding hydrogens is 477 g/mol. The van der Waals surface area contributed by atoms with Crippen molar-refractivity contribution in [3.63, 3.8) is 0 Å². The van der Waals surface area contributed by atoms with E-state index in [9.17, 15) is 30.7 Å². The Balaban J connectivity index is 1.45. The van der Waals surface area contributed by atoms with E-state index in [-0.39, 0.29) is 41.4 Å². The number of fused-ring (bicyclic) bond motifs is 1. The zero-order valence-corrected chi connectivity index (χ0v) is 19.0. The highest BCUT2D eigenvalue weighted by Crippen LogP contribution is 2.43. The fraction of sp³-hybridized carbons (Fsp3) is 0.538. The summed E-state index contributed by atoms with van der Waals surface area (Å²) in [6.45, 7) is 2.82. The Morgan fingerprint density at radius 3 is 2.29 bits per heavy atom. The lowest BCUT2D eigenvalue weighted by Gasteiger charge is -2.38. The molecule has 1 saturated heterocycles. The second-order valence-corrected chi connectivity index (χ2v) is 9.51. The number of hydrogen-bond acceptors (Lipinski definition) is 2. The zero-order valence-electron chi connectivity index (χ0n) is 19.0. The molecule has 2 unspecified atom stereocenters. The van der Waals surface area contributed by atoms with Crippen molar-refractivity contribution in [3.05, 3.63) is 41.5 Å². The smallest absolute Gasteiger partial charge is 0.432 e. The minimum Gasteiger partial charge on any atom is -0.432 e. The molecule has 0 radical (unpaired) electrons. The molecule has 1 heterocycles. The van der Waals surface area contributed by atoms with Crippen LogP contribution in [0.2, 0.25) is 0 Å². The second kappa shape index (κ2) is 9.88. The summed E-state index contributed by atoms with van der Waals surface area (Å²) in [6.07, 6.45) is -4.53. The van der Waals surface area contributed by atoms with E-state index in [0.29, 0.717) is 25.4 Å². The maximum absolute atomic E-state index is 14.9. The molecule has 9 heteroatoms. The highest BCUT2D eigenvalue weighted by Gasteiger charge is 2.45. The Morgan fingerprint density at radius 2 is 1.66 bits per heavy atom. The van der Waals surface area contributed by atoms with Gasteiger partial charge in [0.05, 0.1) is 17.6 Å². The number of rotatable bonds is 4. The van der Waals surface area contributed by atoms with Gasteiger partial charge in [0.15, 0.2) is 0 Å². The Kier molecular flexibility index (Phi) is 7.23. The first kappa shape index (κ1) is 25.6. The molecule has 2 atom stereocenters. The van der Waals surface area contributed by atoms with E-state index in [0.717, 1.165) is 43.0 Å². The summed E-state index contributed by atoms with van der Waals surface area (Å²) < 4.78 is 106. The molecule has 2 fully saturated rings. The van der Waals surface area contributed by atoms with Gasteiger partial charge >= 0.3 is 12.3 Å². The van der Waals surface area contributed by atoms with Gasteiger partial charge in [-0.3, -0.25) is 0 Å². The fourth-order valence-corrected chi connectivity index (χ4v) is 4.96. The van der Waals surface area contributed by atoms with Crippen LogP contribution in [0.3, 0.4) is 0 Å². The Hall–Kier alpha value is -2.47. The van der Waals surface area contributed by atoms with Crippen molar-refractivity contribution in [1.82, 2.24) is 0 Å². The summed E-state index contributed by atoms with van der Waals surface area (Å²) in [7, 11) is 0. The molecule has 1 aliphatic heterocycles. The molecule has 0 amide bonds. The molecule has 190 valence electrons. The molecule has 2 aliphatic rings. The normalized spacial score (nSPS) is 25.7. The van der Waals surface area contributed by atoms with Gasteiger partial charge < -0.3 is 9.47 Å². The zero-order chi connectivity index (χ0) is 25.4. The molecule has 0 bridgehead atoms. The first-order valence-corrected chi connectivity index (χ1v) is 11.6. The van der Waals surface area contributed by atoms with Gasteiger partial charge in [0.25, 0.3) is 0 Å². The van der Waals surface area contributed by atoms with Gasteiger partial charge in [0.2, 0.25) is 0 Å². The number of hydrogen-bond donors (Lipinski definition) is 0. The topological polar surface area (TPSA) is 18.5 Å². The largest absolute Gasteiger partial charge is 0.458 e. The third-order valence-corrected chi connectivity index (χ3v) is 6.89. The van der Waals surface area contributed by atoms with E-state index < -0.39 is 35.4 Å². The number of alkyl halides is 5. The van der Waals surface area contributed by atoms with Gasteiger partial charge in [-0.15, -0.1) is 0 Å².